The summed E-state index contributed by atoms with van der Waals surface area (Å²) in [6.07, 6.45) is 1.13. The lowest BCUT2D eigenvalue weighted by molar-refractivity contribution is 0.0983. The zero-order valence-corrected chi connectivity index (χ0v) is 18.6. The minimum atomic E-state index is -0.439. The van der Waals surface area contributed by atoms with E-state index in [-0.39, 0.29) is 12.1 Å². The zero-order chi connectivity index (χ0) is 22.7. The van der Waals surface area contributed by atoms with E-state index in [0.29, 0.717) is 57.0 Å². The van der Waals surface area contributed by atoms with Gasteiger partial charge in [0.25, 0.3) is 10.9 Å². The first-order valence-corrected chi connectivity index (χ1v) is 11.2. The predicted molar refractivity (Wildman–Crippen MR) is 124 cm³/mol. The lowest BCUT2D eigenvalue weighted by Gasteiger charge is -2.39. The summed E-state index contributed by atoms with van der Waals surface area (Å²) in [6.45, 7) is 6.17. The number of benzene rings is 1. The number of methoxy groups -OCH3 is 1. The molecule has 9 heteroatoms. The van der Waals surface area contributed by atoms with Crippen molar-refractivity contribution in [3.63, 3.8) is 0 Å². The summed E-state index contributed by atoms with van der Waals surface area (Å²) in [5.74, 6) is 0.819. The number of carbonyl (C=O) groups excluding carboxylic acids is 1. The highest BCUT2D eigenvalue weighted by Gasteiger charge is 2.31. The number of carbonyl (C=O) groups is 1. The number of amides is 1. The molecule has 0 spiro atoms. The van der Waals surface area contributed by atoms with E-state index in [1.165, 1.54) is 0 Å². The van der Waals surface area contributed by atoms with Crippen LogP contribution in [0.25, 0.3) is 0 Å². The van der Waals surface area contributed by atoms with Crippen LogP contribution in [0.1, 0.15) is 19.8 Å². The molecule has 32 heavy (non-hydrogen) atoms. The summed E-state index contributed by atoms with van der Waals surface area (Å²) in [4.78, 5) is 42.5. The monoisotopic (exact) mass is 442 g/mol. The maximum atomic E-state index is 12.4. The number of nitrogens with zero attached hydrogens (tertiary/aromatic N) is 3. The van der Waals surface area contributed by atoms with Crippen molar-refractivity contribution in [3.05, 3.63) is 44.7 Å². The van der Waals surface area contributed by atoms with Crippen molar-refractivity contribution in [2.75, 3.05) is 68.1 Å². The Hall–Kier alpha value is -3.23. The zero-order valence-electron chi connectivity index (χ0n) is 18.6. The van der Waals surface area contributed by atoms with Crippen molar-refractivity contribution in [1.29, 1.82) is 0 Å². The molecule has 0 bridgehead atoms. The Balaban J connectivity index is 1.34. The smallest absolute Gasteiger partial charge is 0.409 e. The molecule has 0 aromatic heterocycles. The number of piperazine rings is 1. The SMILES string of the molecule is CCOC(=O)N1CCC(Nc2c(N3CCN(c4ccc(OC)cc4)CC3)c(=O)c2=O)CC1. The molecule has 2 aromatic carbocycles. The highest BCUT2D eigenvalue weighted by Crippen LogP contribution is 2.27. The van der Waals surface area contributed by atoms with Crippen LogP contribution in [0.2, 0.25) is 0 Å². The second-order valence-electron chi connectivity index (χ2n) is 8.16. The van der Waals surface area contributed by atoms with Gasteiger partial charge in [-0.05, 0) is 44.0 Å². The molecule has 1 amide bonds. The molecule has 172 valence electrons. The summed E-state index contributed by atoms with van der Waals surface area (Å²) < 4.78 is 10.3. The molecule has 0 unspecified atom stereocenters. The van der Waals surface area contributed by atoms with Gasteiger partial charge in [-0.1, -0.05) is 0 Å². The average Bonchev–Trinajstić information content (AvgIpc) is 2.84. The van der Waals surface area contributed by atoms with Crippen molar-refractivity contribution in [2.45, 2.75) is 25.8 Å². The van der Waals surface area contributed by atoms with Crippen molar-refractivity contribution in [3.8, 4) is 5.75 Å². The Bertz CT molecular complexity index is 999. The Kier molecular flexibility index (Phi) is 6.53. The summed E-state index contributed by atoms with van der Waals surface area (Å²) in [5, 5.41) is 3.29. The Morgan fingerprint density at radius 2 is 1.59 bits per heavy atom. The fourth-order valence-electron chi connectivity index (χ4n) is 4.42. The van der Waals surface area contributed by atoms with Gasteiger partial charge in [-0.3, -0.25) is 9.59 Å². The molecular formula is C23H30N4O5. The van der Waals surface area contributed by atoms with Crippen LogP contribution >= 0.6 is 0 Å². The molecular weight excluding hydrogens is 412 g/mol. The molecule has 0 aliphatic carbocycles. The number of nitrogens with one attached hydrogen (secondary N) is 1. The van der Waals surface area contributed by atoms with Crippen molar-refractivity contribution in [1.82, 2.24) is 4.90 Å². The summed E-state index contributed by atoms with van der Waals surface area (Å²) in [6, 6.07) is 7.99. The second-order valence-corrected chi connectivity index (χ2v) is 8.16. The average molecular weight is 443 g/mol. The molecule has 0 saturated carbocycles. The van der Waals surface area contributed by atoms with Crippen LogP contribution < -0.4 is 30.7 Å². The third-order valence-corrected chi connectivity index (χ3v) is 6.29. The van der Waals surface area contributed by atoms with E-state index in [0.717, 1.165) is 24.5 Å². The molecule has 2 aliphatic heterocycles. The minimum absolute atomic E-state index is 0.0586. The second kappa shape index (κ2) is 9.50. The van der Waals surface area contributed by atoms with Crippen LogP contribution in [0, 0.1) is 0 Å². The van der Waals surface area contributed by atoms with Gasteiger partial charge in [0.1, 0.15) is 17.1 Å². The van der Waals surface area contributed by atoms with Gasteiger partial charge in [0.2, 0.25) is 0 Å². The predicted octanol–water partition coefficient (Wildman–Crippen LogP) is 1.65. The summed E-state index contributed by atoms with van der Waals surface area (Å²) in [7, 11) is 1.65. The summed E-state index contributed by atoms with van der Waals surface area (Å²) in [5.41, 5.74) is 1.21. The molecule has 2 aliphatic rings. The van der Waals surface area contributed by atoms with Gasteiger partial charge in [0.05, 0.1) is 13.7 Å². The standard InChI is InChI=1S/C23H30N4O5/c1-3-32-23(30)27-10-8-16(9-11-27)24-19-20(22(29)21(19)28)26-14-12-25(13-15-26)17-4-6-18(31-2)7-5-17/h4-7,16,24H,3,8-15H2,1-2H3. The van der Waals surface area contributed by atoms with Crippen LogP contribution in [0.5, 0.6) is 5.75 Å². The third-order valence-electron chi connectivity index (χ3n) is 6.29. The summed E-state index contributed by atoms with van der Waals surface area (Å²) >= 11 is 0. The number of hydrogen-bond donors (Lipinski definition) is 1. The number of hydrogen-bond acceptors (Lipinski definition) is 8. The van der Waals surface area contributed by atoms with Gasteiger partial charge in [-0.25, -0.2) is 4.79 Å². The maximum Gasteiger partial charge on any atom is 0.409 e. The fourth-order valence-corrected chi connectivity index (χ4v) is 4.42. The van der Waals surface area contributed by atoms with Crippen molar-refractivity contribution in [2.24, 2.45) is 0 Å². The molecule has 2 aromatic rings. The van der Waals surface area contributed by atoms with Gasteiger partial charge in [0.15, 0.2) is 0 Å². The lowest BCUT2D eigenvalue weighted by atomic mass is 10.0. The maximum absolute atomic E-state index is 12.4. The number of anilines is 3. The quantitative estimate of drug-likeness (QED) is 0.676. The normalized spacial score (nSPS) is 17.5. The molecule has 2 heterocycles. The lowest BCUT2D eigenvalue weighted by Crippen LogP contribution is -2.52. The topological polar surface area (TPSA) is 91.4 Å². The van der Waals surface area contributed by atoms with E-state index in [2.05, 4.69) is 10.2 Å². The number of rotatable bonds is 6. The van der Waals surface area contributed by atoms with Gasteiger partial charge in [-0.2, -0.15) is 0 Å². The first-order valence-electron chi connectivity index (χ1n) is 11.2. The van der Waals surface area contributed by atoms with Crippen LogP contribution in [0.3, 0.4) is 0 Å². The molecule has 2 saturated heterocycles. The van der Waals surface area contributed by atoms with E-state index in [4.69, 9.17) is 9.47 Å². The van der Waals surface area contributed by atoms with E-state index >= 15 is 0 Å². The Labute approximate surface area is 187 Å². The molecule has 4 rings (SSSR count). The Morgan fingerprint density at radius 3 is 2.19 bits per heavy atom. The van der Waals surface area contributed by atoms with Crippen LogP contribution in [0.4, 0.5) is 21.9 Å². The van der Waals surface area contributed by atoms with Crippen molar-refractivity contribution < 1.29 is 14.3 Å². The molecule has 1 N–H and O–H groups in total. The highest BCUT2D eigenvalue weighted by molar-refractivity contribution is 5.76. The van der Waals surface area contributed by atoms with Crippen LogP contribution in [-0.4, -0.2) is 70.0 Å². The van der Waals surface area contributed by atoms with E-state index in [1.807, 2.05) is 29.2 Å². The molecule has 2 fully saturated rings. The van der Waals surface area contributed by atoms with E-state index < -0.39 is 10.9 Å². The first-order chi connectivity index (χ1) is 15.5. The molecule has 0 radical (unpaired) electrons. The van der Waals surface area contributed by atoms with Gasteiger partial charge in [-0.15, -0.1) is 0 Å². The van der Waals surface area contributed by atoms with Crippen LogP contribution in [-0.2, 0) is 4.74 Å². The first kappa shape index (κ1) is 22.0. The van der Waals surface area contributed by atoms with Gasteiger partial charge >= 0.3 is 6.09 Å². The van der Waals surface area contributed by atoms with Crippen molar-refractivity contribution >= 4 is 23.2 Å². The van der Waals surface area contributed by atoms with E-state index in [9.17, 15) is 14.4 Å². The largest absolute Gasteiger partial charge is 0.497 e. The number of likely N-dealkylation sites (tertiary alicyclic amines) is 1. The Morgan fingerprint density at radius 1 is 0.969 bits per heavy atom. The number of ether oxygens (including phenoxy) is 2. The number of piperidine rings is 1. The third kappa shape index (κ3) is 4.37. The molecule has 0 atom stereocenters. The minimum Gasteiger partial charge on any atom is -0.497 e. The van der Waals surface area contributed by atoms with Gasteiger partial charge in [0, 0.05) is 51.0 Å². The van der Waals surface area contributed by atoms with Crippen LogP contribution in [0.15, 0.2) is 33.9 Å². The van der Waals surface area contributed by atoms with Gasteiger partial charge < -0.3 is 29.5 Å². The highest BCUT2D eigenvalue weighted by atomic mass is 16.6. The van der Waals surface area contributed by atoms with E-state index in [1.54, 1.807) is 18.9 Å². The fraction of sp³-hybridized carbons (Fsp3) is 0.522. The molecule has 9 nitrogen and oxygen atoms in total.